The van der Waals surface area contributed by atoms with Crippen molar-refractivity contribution < 1.29 is 4.79 Å². The minimum atomic E-state index is -0.120. The molecule has 0 atom stereocenters. The van der Waals surface area contributed by atoms with E-state index in [0.717, 1.165) is 5.56 Å². The Balaban J connectivity index is 2.05. The molecule has 0 aliphatic carbocycles. The van der Waals surface area contributed by atoms with Gasteiger partial charge in [0, 0.05) is 5.02 Å². The van der Waals surface area contributed by atoms with Crippen LogP contribution < -0.4 is 5.32 Å². The Morgan fingerprint density at radius 3 is 2.50 bits per heavy atom. The van der Waals surface area contributed by atoms with Crippen molar-refractivity contribution in [2.45, 2.75) is 6.42 Å². The second-order valence-electron chi connectivity index (χ2n) is 3.83. The maximum absolute atomic E-state index is 11.8. The zero-order valence-electron chi connectivity index (χ0n) is 9.49. The molecule has 18 heavy (non-hydrogen) atoms. The average Bonchev–Trinajstić information content (AvgIpc) is 2.35. The summed E-state index contributed by atoms with van der Waals surface area (Å²) < 4.78 is 0. The lowest BCUT2D eigenvalue weighted by molar-refractivity contribution is -0.115. The van der Waals surface area contributed by atoms with Gasteiger partial charge in [0.15, 0.2) is 0 Å². The van der Waals surface area contributed by atoms with E-state index >= 15 is 0 Å². The van der Waals surface area contributed by atoms with Crippen LogP contribution in [0, 0.1) is 0 Å². The second-order valence-corrected chi connectivity index (χ2v) is 4.68. The van der Waals surface area contributed by atoms with Gasteiger partial charge in [-0.2, -0.15) is 0 Å². The largest absolute Gasteiger partial charge is 0.324 e. The van der Waals surface area contributed by atoms with Gasteiger partial charge in [-0.05, 0) is 23.8 Å². The molecule has 2 aromatic rings. The molecule has 0 aliphatic heterocycles. The molecule has 0 spiro atoms. The molecule has 2 rings (SSSR count). The van der Waals surface area contributed by atoms with Crippen LogP contribution in [0.5, 0.6) is 0 Å². The monoisotopic (exact) mass is 279 g/mol. The Morgan fingerprint density at radius 1 is 1.06 bits per heavy atom. The quantitative estimate of drug-likeness (QED) is 0.898. The van der Waals surface area contributed by atoms with Crippen molar-refractivity contribution >= 4 is 34.8 Å². The molecule has 0 aromatic heterocycles. The molecular formula is C14H11Cl2NO. The summed E-state index contributed by atoms with van der Waals surface area (Å²) >= 11 is 11.8. The van der Waals surface area contributed by atoms with Crippen LogP contribution in [0.2, 0.25) is 10.0 Å². The van der Waals surface area contributed by atoms with E-state index < -0.39 is 0 Å². The highest BCUT2D eigenvalue weighted by Crippen LogP contribution is 2.25. The first kappa shape index (κ1) is 12.9. The summed E-state index contributed by atoms with van der Waals surface area (Å²) in [5.41, 5.74) is 1.48. The zero-order chi connectivity index (χ0) is 13.0. The summed E-state index contributed by atoms with van der Waals surface area (Å²) in [6.45, 7) is 0. The summed E-state index contributed by atoms with van der Waals surface area (Å²) in [5, 5.41) is 3.75. The van der Waals surface area contributed by atoms with E-state index in [1.54, 1.807) is 18.2 Å². The number of halogens is 2. The van der Waals surface area contributed by atoms with Gasteiger partial charge in [0.05, 0.1) is 17.1 Å². The fourth-order valence-corrected chi connectivity index (χ4v) is 1.91. The molecule has 1 amide bonds. The van der Waals surface area contributed by atoms with Crippen molar-refractivity contribution in [1.29, 1.82) is 0 Å². The lowest BCUT2D eigenvalue weighted by Gasteiger charge is -2.07. The number of nitrogens with one attached hydrogen (secondary N) is 1. The van der Waals surface area contributed by atoms with E-state index in [1.807, 2.05) is 30.3 Å². The van der Waals surface area contributed by atoms with Gasteiger partial charge in [0.1, 0.15) is 0 Å². The maximum Gasteiger partial charge on any atom is 0.228 e. The summed E-state index contributed by atoms with van der Waals surface area (Å²) in [4.78, 5) is 11.8. The molecule has 0 heterocycles. The number of carbonyl (C=O) groups excluding carboxylic acids is 1. The van der Waals surface area contributed by atoms with Gasteiger partial charge in [0.2, 0.25) is 5.91 Å². The molecule has 0 fully saturated rings. The summed E-state index contributed by atoms with van der Waals surface area (Å²) in [6, 6.07) is 14.5. The van der Waals surface area contributed by atoms with E-state index in [0.29, 0.717) is 22.2 Å². The number of carbonyl (C=O) groups is 1. The summed E-state index contributed by atoms with van der Waals surface area (Å²) in [7, 11) is 0. The number of hydrogen-bond acceptors (Lipinski definition) is 1. The maximum atomic E-state index is 11.8. The van der Waals surface area contributed by atoms with Crippen molar-refractivity contribution in [2.75, 3.05) is 5.32 Å². The number of anilines is 1. The summed E-state index contributed by atoms with van der Waals surface area (Å²) in [5.74, 6) is -0.120. The predicted molar refractivity (Wildman–Crippen MR) is 75.2 cm³/mol. The molecule has 92 valence electrons. The van der Waals surface area contributed by atoms with Crippen molar-refractivity contribution in [1.82, 2.24) is 0 Å². The molecule has 0 saturated heterocycles. The fourth-order valence-electron chi connectivity index (χ4n) is 1.57. The predicted octanol–water partition coefficient (Wildman–Crippen LogP) is 4.17. The normalized spacial score (nSPS) is 10.1. The van der Waals surface area contributed by atoms with Gasteiger partial charge in [-0.15, -0.1) is 0 Å². The second kappa shape index (κ2) is 5.89. The van der Waals surface area contributed by atoms with Gasteiger partial charge < -0.3 is 5.32 Å². The Bertz CT molecular complexity index is 555. The SMILES string of the molecule is O=C(Cc1ccccc1)Nc1cc(Cl)ccc1Cl. The van der Waals surface area contributed by atoms with Gasteiger partial charge in [-0.3, -0.25) is 4.79 Å². The third kappa shape index (κ3) is 3.49. The van der Waals surface area contributed by atoms with Crippen molar-refractivity contribution in [2.24, 2.45) is 0 Å². The molecule has 0 radical (unpaired) electrons. The molecule has 1 N–H and O–H groups in total. The smallest absolute Gasteiger partial charge is 0.228 e. The zero-order valence-corrected chi connectivity index (χ0v) is 11.0. The number of rotatable bonds is 3. The third-order valence-corrected chi connectivity index (χ3v) is 2.97. The minimum absolute atomic E-state index is 0.120. The molecule has 0 bridgehead atoms. The molecule has 2 aromatic carbocycles. The Morgan fingerprint density at radius 2 is 1.78 bits per heavy atom. The number of benzene rings is 2. The first-order valence-electron chi connectivity index (χ1n) is 5.44. The molecule has 0 aliphatic rings. The van der Waals surface area contributed by atoms with Crippen LogP contribution in [0.25, 0.3) is 0 Å². The number of hydrogen-bond donors (Lipinski definition) is 1. The number of amides is 1. The van der Waals surface area contributed by atoms with E-state index in [-0.39, 0.29) is 5.91 Å². The topological polar surface area (TPSA) is 29.1 Å². The van der Waals surface area contributed by atoms with E-state index in [9.17, 15) is 4.79 Å². The van der Waals surface area contributed by atoms with Gasteiger partial charge >= 0.3 is 0 Å². The van der Waals surface area contributed by atoms with E-state index in [1.165, 1.54) is 0 Å². The molecule has 4 heteroatoms. The lowest BCUT2D eigenvalue weighted by atomic mass is 10.1. The standard InChI is InChI=1S/C14H11Cl2NO/c15-11-6-7-12(16)13(9-11)17-14(18)8-10-4-2-1-3-5-10/h1-7,9H,8H2,(H,17,18). The van der Waals surface area contributed by atoms with Crippen LogP contribution in [-0.2, 0) is 11.2 Å². The highest BCUT2D eigenvalue weighted by molar-refractivity contribution is 6.35. The van der Waals surface area contributed by atoms with Crippen molar-refractivity contribution in [3.63, 3.8) is 0 Å². The third-order valence-electron chi connectivity index (χ3n) is 2.41. The molecule has 0 unspecified atom stereocenters. The molecular weight excluding hydrogens is 269 g/mol. The highest BCUT2D eigenvalue weighted by Gasteiger charge is 2.07. The van der Waals surface area contributed by atoms with Crippen LogP contribution in [0.15, 0.2) is 48.5 Å². The first-order valence-corrected chi connectivity index (χ1v) is 6.19. The van der Waals surface area contributed by atoms with Gasteiger partial charge in [0.25, 0.3) is 0 Å². The molecule has 0 saturated carbocycles. The van der Waals surface area contributed by atoms with Crippen LogP contribution in [0.1, 0.15) is 5.56 Å². The van der Waals surface area contributed by atoms with Crippen molar-refractivity contribution in [3.05, 3.63) is 64.1 Å². The van der Waals surface area contributed by atoms with E-state index in [4.69, 9.17) is 23.2 Å². The summed E-state index contributed by atoms with van der Waals surface area (Å²) in [6.07, 6.45) is 0.309. The minimum Gasteiger partial charge on any atom is -0.324 e. The Kier molecular flexibility index (Phi) is 4.24. The Labute approximate surface area is 116 Å². The van der Waals surface area contributed by atoms with Gasteiger partial charge in [-0.25, -0.2) is 0 Å². The molecule has 2 nitrogen and oxygen atoms in total. The fraction of sp³-hybridized carbons (Fsp3) is 0.0714. The van der Waals surface area contributed by atoms with Crippen molar-refractivity contribution in [3.8, 4) is 0 Å². The van der Waals surface area contributed by atoms with Crippen LogP contribution in [-0.4, -0.2) is 5.91 Å². The average molecular weight is 280 g/mol. The van der Waals surface area contributed by atoms with E-state index in [2.05, 4.69) is 5.32 Å². The van der Waals surface area contributed by atoms with Crippen LogP contribution >= 0.6 is 23.2 Å². The first-order chi connectivity index (χ1) is 8.65. The highest BCUT2D eigenvalue weighted by atomic mass is 35.5. The van der Waals surface area contributed by atoms with Crippen LogP contribution in [0.4, 0.5) is 5.69 Å². The lowest BCUT2D eigenvalue weighted by Crippen LogP contribution is -2.14. The van der Waals surface area contributed by atoms with Crippen LogP contribution in [0.3, 0.4) is 0 Å². The Hall–Kier alpha value is -1.51. The van der Waals surface area contributed by atoms with Gasteiger partial charge in [-0.1, -0.05) is 53.5 Å².